The Hall–Kier alpha value is -0.690. The van der Waals surface area contributed by atoms with Crippen molar-refractivity contribution in [3.63, 3.8) is 0 Å². The van der Waals surface area contributed by atoms with E-state index in [1.807, 2.05) is 0 Å². The van der Waals surface area contributed by atoms with Gasteiger partial charge in [-0.05, 0) is 11.7 Å². The van der Waals surface area contributed by atoms with Crippen LogP contribution in [0.15, 0.2) is 4.52 Å². The van der Waals surface area contributed by atoms with Crippen molar-refractivity contribution in [1.82, 2.24) is 10.1 Å². The largest absolute Gasteiger partial charge is 0.481 e. The van der Waals surface area contributed by atoms with Crippen molar-refractivity contribution in [1.29, 1.82) is 0 Å². The molecular weight excluding hydrogens is 260 g/mol. The van der Waals surface area contributed by atoms with Crippen LogP contribution in [0.3, 0.4) is 0 Å². The van der Waals surface area contributed by atoms with Gasteiger partial charge in [-0.15, -0.1) is 11.8 Å². The summed E-state index contributed by atoms with van der Waals surface area (Å²) >= 11 is 3.02. The normalized spacial score (nSPS) is 11.0. The molecule has 0 saturated heterocycles. The number of thioether (sulfide) groups is 2. The maximum absolute atomic E-state index is 10.3. The molecule has 0 bridgehead atoms. The summed E-state index contributed by atoms with van der Waals surface area (Å²) in [4.78, 5) is 14.5. The lowest BCUT2D eigenvalue weighted by molar-refractivity contribution is -0.133. The highest BCUT2D eigenvalue weighted by Gasteiger charge is 2.07. The van der Waals surface area contributed by atoms with Crippen molar-refractivity contribution >= 4 is 29.5 Å². The Bertz CT molecular complexity index is 355. The molecule has 5 nitrogen and oxygen atoms in total. The zero-order valence-corrected chi connectivity index (χ0v) is 11.5. The fourth-order valence-electron chi connectivity index (χ4n) is 1.02. The summed E-state index contributed by atoms with van der Waals surface area (Å²) in [5.41, 5.74) is 0. The number of hydrogen-bond donors (Lipinski definition) is 1. The van der Waals surface area contributed by atoms with Gasteiger partial charge in [0, 0.05) is 0 Å². The van der Waals surface area contributed by atoms with Gasteiger partial charge in [-0.25, -0.2) is 0 Å². The molecule has 1 heterocycles. The van der Waals surface area contributed by atoms with E-state index >= 15 is 0 Å². The highest BCUT2D eigenvalue weighted by atomic mass is 32.2. The van der Waals surface area contributed by atoms with Crippen molar-refractivity contribution in [3.05, 3.63) is 11.7 Å². The highest BCUT2D eigenvalue weighted by Crippen LogP contribution is 2.15. The second kappa shape index (κ2) is 7.60. The molecule has 0 saturated carbocycles. The van der Waals surface area contributed by atoms with E-state index in [0.29, 0.717) is 23.4 Å². The Morgan fingerprint density at radius 2 is 2.18 bits per heavy atom. The minimum Gasteiger partial charge on any atom is -0.481 e. The third-order valence-electron chi connectivity index (χ3n) is 1.64. The van der Waals surface area contributed by atoms with Gasteiger partial charge in [0.25, 0.3) is 0 Å². The van der Waals surface area contributed by atoms with Gasteiger partial charge >= 0.3 is 5.97 Å². The predicted octanol–water partition coefficient (Wildman–Crippen LogP) is 2.28. The maximum Gasteiger partial charge on any atom is 0.313 e. The zero-order chi connectivity index (χ0) is 12.7. The summed E-state index contributed by atoms with van der Waals surface area (Å²) < 4.78 is 5.02. The standard InChI is InChI=1S/C10H16N2O3S2/c1-7(2)3-16-4-8-11-9(15-12-8)5-17-6-10(13)14/h7H,3-6H2,1-2H3,(H,13,14). The van der Waals surface area contributed by atoms with E-state index in [4.69, 9.17) is 9.63 Å². The van der Waals surface area contributed by atoms with Crippen LogP contribution in [-0.2, 0) is 16.3 Å². The number of hydrogen-bond acceptors (Lipinski definition) is 6. The van der Waals surface area contributed by atoms with Gasteiger partial charge in [0.1, 0.15) is 0 Å². The van der Waals surface area contributed by atoms with Crippen molar-refractivity contribution in [2.45, 2.75) is 25.4 Å². The molecule has 0 unspecified atom stereocenters. The minimum atomic E-state index is -0.831. The SMILES string of the molecule is CC(C)CSCc1noc(CSCC(=O)O)n1. The first-order valence-electron chi connectivity index (χ1n) is 5.26. The van der Waals surface area contributed by atoms with E-state index in [2.05, 4.69) is 24.0 Å². The summed E-state index contributed by atoms with van der Waals surface area (Å²) in [7, 11) is 0. The summed E-state index contributed by atoms with van der Waals surface area (Å²) in [6, 6.07) is 0. The van der Waals surface area contributed by atoms with Crippen LogP contribution in [0.4, 0.5) is 0 Å². The van der Waals surface area contributed by atoms with Crippen LogP contribution < -0.4 is 0 Å². The Balaban J connectivity index is 2.25. The van der Waals surface area contributed by atoms with Gasteiger partial charge in [-0.3, -0.25) is 4.79 Å². The van der Waals surface area contributed by atoms with Crippen molar-refractivity contribution < 1.29 is 14.4 Å². The van der Waals surface area contributed by atoms with Gasteiger partial charge in [-0.2, -0.15) is 16.7 Å². The summed E-state index contributed by atoms with van der Waals surface area (Å²) in [6.07, 6.45) is 0. The van der Waals surface area contributed by atoms with Crippen LogP contribution in [-0.4, -0.2) is 32.7 Å². The van der Waals surface area contributed by atoms with Crippen LogP contribution in [0.25, 0.3) is 0 Å². The number of aliphatic carboxylic acids is 1. The molecule has 0 aliphatic rings. The van der Waals surface area contributed by atoms with E-state index in [-0.39, 0.29) is 5.75 Å². The first-order valence-corrected chi connectivity index (χ1v) is 7.57. The number of nitrogens with zero attached hydrogens (tertiary/aromatic N) is 2. The van der Waals surface area contributed by atoms with E-state index in [0.717, 1.165) is 11.5 Å². The van der Waals surface area contributed by atoms with Crippen LogP contribution >= 0.6 is 23.5 Å². The number of carbonyl (C=O) groups is 1. The fraction of sp³-hybridized carbons (Fsp3) is 0.700. The Morgan fingerprint density at radius 3 is 2.82 bits per heavy atom. The molecule has 0 aromatic carbocycles. The molecule has 0 fully saturated rings. The number of carboxylic acid groups (broad SMARTS) is 1. The predicted molar refractivity (Wildman–Crippen MR) is 69.1 cm³/mol. The molecule has 0 atom stereocenters. The van der Waals surface area contributed by atoms with E-state index in [1.165, 1.54) is 11.8 Å². The minimum absolute atomic E-state index is 0.0554. The van der Waals surface area contributed by atoms with Crippen molar-refractivity contribution in [3.8, 4) is 0 Å². The average Bonchev–Trinajstić information content (AvgIpc) is 2.65. The van der Waals surface area contributed by atoms with E-state index in [1.54, 1.807) is 11.8 Å². The maximum atomic E-state index is 10.3. The summed E-state index contributed by atoms with van der Waals surface area (Å²) in [5.74, 6) is 3.31. The lowest BCUT2D eigenvalue weighted by Crippen LogP contribution is -1.98. The highest BCUT2D eigenvalue weighted by molar-refractivity contribution is 7.99. The molecule has 0 aliphatic carbocycles. The van der Waals surface area contributed by atoms with Gasteiger partial charge in [0.15, 0.2) is 5.82 Å². The zero-order valence-electron chi connectivity index (χ0n) is 9.88. The van der Waals surface area contributed by atoms with E-state index in [9.17, 15) is 4.79 Å². The molecule has 1 aromatic heterocycles. The van der Waals surface area contributed by atoms with Crippen LogP contribution in [0.5, 0.6) is 0 Å². The number of rotatable bonds is 8. The quantitative estimate of drug-likeness (QED) is 0.780. The first kappa shape index (κ1) is 14.4. The topological polar surface area (TPSA) is 76.2 Å². The van der Waals surface area contributed by atoms with E-state index < -0.39 is 5.97 Å². The third kappa shape index (κ3) is 6.58. The van der Waals surface area contributed by atoms with Gasteiger partial charge < -0.3 is 9.63 Å². The molecule has 96 valence electrons. The second-order valence-corrected chi connectivity index (χ2v) is 5.92. The molecule has 7 heteroatoms. The Kier molecular flexibility index (Phi) is 6.43. The molecule has 1 rings (SSSR count). The molecular formula is C10H16N2O3S2. The lowest BCUT2D eigenvalue weighted by Gasteiger charge is -2.00. The van der Waals surface area contributed by atoms with Crippen LogP contribution in [0.1, 0.15) is 25.6 Å². The molecule has 17 heavy (non-hydrogen) atoms. The molecule has 0 amide bonds. The summed E-state index contributed by atoms with van der Waals surface area (Å²) in [5, 5.41) is 12.3. The molecule has 0 aliphatic heterocycles. The lowest BCUT2D eigenvalue weighted by atomic mass is 10.3. The van der Waals surface area contributed by atoms with Crippen LogP contribution in [0.2, 0.25) is 0 Å². The van der Waals surface area contributed by atoms with Crippen molar-refractivity contribution in [2.24, 2.45) is 5.92 Å². The third-order valence-corrected chi connectivity index (χ3v) is 3.91. The van der Waals surface area contributed by atoms with Gasteiger partial charge in [0.05, 0.1) is 17.3 Å². The van der Waals surface area contributed by atoms with Gasteiger partial charge in [-0.1, -0.05) is 19.0 Å². The average molecular weight is 276 g/mol. The molecule has 0 spiro atoms. The number of aromatic nitrogens is 2. The van der Waals surface area contributed by atoms with Crippen LogP contribution in [0, 0.1) is 5.92 Å². The van der Waals surface area contributed by atoms with Gasteiger partial charge in [0.2, 0.25) is 5.89 Å². The molecule has 1 aromatic rings. The second-order valence-electron chi connectivity index (χ2n) is 3.90. The monoisotopic (exact) mass is 276 g/mol. The summed E-state index contributed by atoms with van der Waals surface area (Å²) in [6.45, 7) is 4.33. The smallest absolute Gasteiger partial charge is 0.313 e. The first-order chi connectivity index (χ1) is 8.08. The Labute approximate surface area is 109 Å². The number of carboxylic acids is 1. The van der Waals surface area contributed by atoms with Crippen molar-refractivity contribution in [2.75, 3.05) is 11.5 Å². The molecule has 0 radical (unpaired) electrons. The molecule has 1 N–H and O–H groups in total. The fourth-order valence-corrected chi connectivity index (χ4v) is 2.48. The Morgan fingerprint density at radius 1 is 1.41 bits per heavy atom.